The van der Waals surface area contributed by atoms with Crippen molar-refractivity contribution in [3.8, 4) is 11.4 Å². The second-order valence-corrected chi connectivity index (χ2v) is 9.03. The fourth-order valence-corrected chi connectivity index (χ4v) is 4.67. The van der Waals surface area contributed by atoms with Gasteiger partial charge in [0.15, 0.2) is 0 Å². The van der Waals surface area contributed by atoms with Crippen LogP contribution in [0.5, 0.6) is 0 Å². The zero-order valence-electron chi connectivity index (χ0n) is 18.2. The fraction of sp³-hybridized carbons (Fsp3) is 0.400. The first-order valence-electron chi connectivity index (χ1n) is 11.2. The predicted molar refractivity (Wildman–Crippen MR) is 118 cm³/mol. The van der Waals surface area contributed by atoms with Crippen LogP contribution in [0.15, 0.2) is 53.1 Å². The lowest BCUT2D eigenvalue weighted by Crippen LogP contribution is -2.49. The van der Waals surface area contributed by atoms with E-state index < -0.39 is 5.97 Å². The third-order valence-corrected chi connectivity index (χ3v) is 6.77. The molecule has 2 aliphatic heterocycles. The summed E-state index contributed by atoms with van der Waals surface area (Å²) in [7, 11) is 0. The smallest absolute Gasteiger partial charge is 0.309 e. The molecule has 3 heterocycles. The highest BCUT2D eigenvalue weighted by atomic mass is 19.1. The Labute approximate surface area is 191 Å². The molecule has 0 saturated carbocycles. The van der Waals surface area contributed by atoms with Gasteiger partial charge in [-0.2, -0.15) is 4.98 Å². The summed E-state index contributed by atoms with van der Waals surface area (Å²) in [5, 5.41) is 13.1. The first kappa shape index (κ1) is 21.7. The van der Waals surface area contributed by atoms with E-state index in [1.54, 1.807) is 0 Å². The van der Waals surface area contributed by atoms with Gasteiger partial charge in [0.2, 0.25) is 11.7 Å². The van der Waals surface area contributed by atoms with Crippen LogP contribution < -0.4 is 0 Å². The molecule has 0 amide bonds. The maximum atomic E-state index is 13.4. The molecule has 1 aromatic heterocycles. The maximum absolute atomic E-state index is 13.4. The van der Waals surface area contributed by atoms with Crippen LogP contribution >= 0.6 is 0 Å². The van der Waals surface area contributed by atoms with Crippen LogP contribution in [0.4, 0.5) is 4.39 Å². The number of hydrogen-bond acceptors (Lipinski definition) is 6. The van der Waals surface area contributed by atoms with Crippen LogP contribution in [0, 0.1) is 11.7 Å². The summed E-state index contributed by atoms with van der Waals surface area (Å²) < 4.78 is 24.6. The SMILES string of the molecule is O=C(O)C1CN(Cc2ccc(-c3noc(CCC4(c5ccc(F)cc5)CCOC4)n3)cc2)C1. The molecule has 2 saturated heterocycles. The highest BCUT2D eigenvalue weighted by Crippen LogP contribution is 2.37. The average molecular weight is 451 g/mol. The summed E-state index contributed by atoms with van der Waals surface area (Å²) in [6.07, 6.45) is 2.28. The number of carboxylic acid groups (broad SMARTS) is 1. The van der Waals surface area contributed by atoms with Crippen LogP contribution in [-0.2, 0) is 27.9 Å². The van der Waals surface area contributed by atoms with E-state index in [-0.39, 0.29) is 17.2 Å². The van der Waals surface area contributed by atoms with Gasteiger partial charge in [-0.15, -0.1) is 0 Å². The van der Waals surface area contributed by atoms with Crippen molar-refractivity contribution < 1.29 is 23.6 Å². The number of carbonyl (C=O) groups is 1. The van der Waals surface area contributed by atoms with Crippen LogP contribution in [-0.4, -0.2) is 52.4 Å². The van der Waals surface area contributed by atoms with Crippen LogP contribution in [0.3, 0.4) is 0 Å². The Bertz CT molecular complexity index is 1100. The summed E-state index contributed by atoms with van der Waals surface area (Å²) in [4.78, 5) is 17.6. The van der Waals surface area contributed by atoms with Gasteiger partial charge in [0, 0.05) is 43.6 Å². The molecule has 0 spiro atoms. The van der Waals surface area contributed by atoms with Crippen molar-refractivity contribution in [2.75, 3.05) is 26.3 Å². The molecule has 7 nitrogen and oxygen atoms in total. The monoisotopic (exact) mass is 451 g/mol. The largest absolute Gasteiger partial charge is 0.481 e. The molecule has 1 N–H and O–H groups in total. The van der Waals surface area contributed by atoms with Gasteiger partial charge in [0.1, 0.15) is 5.82 Å². The summed E-state index contributed by atoms with van der Waals surface area (Å²) in [5.41, 5.74) is 2.90. The molecule has 2 fully saturated rings. The van der Waals surface area contributed by atoms with Gasteiger partial charge < -0.3 is 14.4 Å². The summed E-state index contributed by atoms with van der Waals surface area (Å²) >= 11 is 0. The number of benzene rings is 2. The number of rotatable bonds is 8. The predicted octanol–water partition coefficient (Wildman–Crippen LogP) is 3.68. The minimum Gasteiger partial charge on any atom is -0.481 e. The van der Waals surface area contributed by atoms with E-state index in [1.165, 1.54) is 12.1 Å². The van der Waals surface area contributed by atoms with Crippen molar-refractivity contribution in [2.45, 2.75) is 31.2 Å². The topological polar surface area (TPSA) is 88.7 Å². The van der Waals surface area contributed by atoms with Gasteiger partial charge in [-0.05, 0) is 36.1 Å². The average Bonchev–Trinajstić information content (AvgIpc) is 3.46. The quantitative estimate of drug-likeness (QED) is 0.559. The minimum atomic E-state index is -0.724. The lowest BCUT2D eigenvalue weighted by atomic mass is 9.76. The molecule has 33 heavy (non-hydrogen) atoms. The molecule has 172 valence electrons. The lowest BCUT2D eigenvalue weighted by Gasteiger charge is -2.36. The number of aryl methyl sites for hydroxylation is 1. The molecule has 2 aliphatic rings. The van der Waals surface area contributed by atoms with Crippen molar-refractivity contribution >= 4 is 5.97 Å². The van der Waals surface area contributed by atoms with E-state index >= 15 is 0 Å². The second kappa shape index (κ2) is 9.03. The van der Waals surface area contributed by atoms with E-state index in [9.17, 15) is 9.18 Å². The van der Waals surface area contributed by atoms with Crippen LogP contribution in [0.2, 0.25) is 0 Å². The Morgan fingerprint density at radius 3 is 2.58 bits per heavy atom. The number of carboxylic acids is 1. The van der Waals surface area contributed by atoms with E-state index in [2.05, 4.69) is 15.0 Å². The van der Waals surface area contributed by atoms with Crippen molar-refractivity contribution in [3.05, 3.63) is 71.4 Å². The van der Waals surface area contributed by atoms with Crippen LogP contribution in [0.25, 0.3) is 11.4 Å². The Balaban J connectivity index is 1.20. The number of aromatic nitrogens is 2. The van der Waals surface area contributed by atoms with Crippen molar-refractivity contribution in [1.29, 1.82) is 0 Å². The summed E-state index contributed by atoms with van der Waals surface area (Å²) in [6.45, 7) is 3.21. The maximum Gasteiger partial charge on any atom is 0.309 e. The third-order valence-electron chi connectivity index (χ3n) is 6.77. The molecule has 0 radical (unpaired) electrons. The van der Waals surface area contributed by atoms with E-state index in [4.69, 9.17) is 14.4 Å². The highest BCUT2D eigenvalue weighted by Gasteiger charge is 2.37. The standard InChI is InChI=1S/C25H26FN3O4/c26-21-7-5-20(6-8-21)25(11-12-32-16-25)10-9-22-27-23(28-33-22)18-3-1-17(2-4-18)13-29-14-19(15-29)24(30)31/h1-8,19H,9-16H2,(H,30,31). The molecule has 5 rings (SSSR count). The molecule has 3 aromatic rings. The Kier molecular flexibility index (Phi) is 5.95. The number of likely N-dealkylation sites (tertiary alicyclic amines) is 1. The van der Waals surface area contributed by atoms with Gasteiger partial charge in [-0.3, -0.25) is 9.69 Å². The zero-order valence-corrected chi connectivity index (χ0v) is 18.2. The minimum absolute atomic E-state index is 0.166. The van der Waals surface area contributed by atoms with Gasteiger partial charge in [0.05, 0.1) is 12.5 Å². The number of halogens is 1. The molecule has 1 unspecified atom stereocenters. The van der Waals surface area contributed by atoms with E-state index in [1.807, 2.05) is 36.4 Å². The number of aliphatic carboxylic acids is 1. The van der Waals surface area contributed by atoms with Crippen molar-refractivity contribution in [3.63, 3.8) is 0 Å². The highest BCUT2D eigenvalue weighted by molar-refractivity contribution is 5.71. The van der Waals surface area contributed by atoms with E-state index in [0.717, 1.165) is 36.1 Å². The molecular weight excluding hydrogens is 425 g/mol. The molecule has 0 aliphatic carbocycles. The molecule has 2 aromatic carbocycles. The molecule has 8 heteroatoms. The summed E-state index contributed by atoms with van der Waals surface area (Å²) in [5.74, 6) is -0.0963. The summed E-state index contributed by atoms with van der Waals surface area (Å²) in [6, 6.07) is 14.6. The first-order valence-corrected chi connectivity index (χ1v) is 11.2. The first-order chi connectivity index (χ1) is 16.0. The number of nitrogens with zero attached hydrogens (tertiary/aromatic N) is 3. The molecule has 1 atom stereocenters. The second-order valence-electron chi connectivity index (χ2n) is 9.03. The molecular formula is C25H26FN3O4. The van der Waals surface area contributed by atoms with Crippen molar-refractivity contribution in [2.24, 2.45) is 5.92 Å². The van der Waals surface area contributed by atoms with Gasteiger partial charge in [0.25, 0.3) is 0 Å². The Morgan fingerprint density at radius 1 is 1.15 bits per heavy atom. The van der Waals surface area contributed by atoms with Crippen molar-refractivity contribution in [1.82, 2.24) is 15.0 Å². The third kappa shape index (κ3) is 4.67. The molecule has 0 bridgehead atoms. The lowest BCUT2D eigenvalue weighted by molar-refractivity contribution is -0.147. The Hall–Kier alpha value is -3.10. The van der Waals surface area contributed by atoms with Gasteiger partial charge in [-0.25, -0.2) is 4.39 Å². The van der Waals surface area contributed by atoms with Gasteiger partial charge in [-0.1, -0.05) is 41.6 Å². The zero-order chi connectivity index (χ0) is 22.8. The number of hydrogen-bond donors (Lipinski definition) is 1. The van der Waals surface area contributed by atoms with E-state index in [0.29, 0.717) is 44.4 Å². The van der Waals surface area contributed by atoms with Crippen LogP contribution in [0.1, 0.15) is 29.9 Å². The number of ether oxygens (including phenoxy) is 1. The normalized spacial score (nSPS) is 21.2. The van der Waals surface area contributed by atoms with Gasteiger partial charge >= 0.3 is 5.97 Å². The fourth-order valence-electron chi connectivity index (χ4n) is 4.67. The Morgan fingerprint density at radius 2 is 1.91 bits per heavy atom.